The van der Waals surface area contributed by atoms with Crippen LogP contribution >= 0.6 is 0 Å². The second-order valence-electron chi connectivity index (χ2n) is 6.03. The van der Waals surface area contributed by atoms with Crippen molar-refractivity contribution in [3.05, 3.63) is 83.9 Å². The summed E-state index contributed by atoms with van der Waals surface area (Å²) < 4.78 is 34.8. The number of ether oxygens (including phenoxy) is 1. The van der Waals surface area contributed by atoms with E-state index < -0.39 is 16.0 Å². The van der Waals surface area contributed by atoms with Gasteiger partial charge in [0.15, 0.2) is 0 Å². The average molecular weight is 426 g/mol. The molecule has 0 bridgehead atoms. The summed E-state index contributed by atoms with van der Waals surface area (Å²) in [4.78, 5) is 11.9. The van der Waals surface area contributed by atoms with Crippen molar-refractivity contribution in [2.75, 3.05) is 7.11 Å². The number of amides is 1. The summed E-state index contributed by atoms with van der Waals surface area (Å²) in [6.07, 6.45) is 1.40. The number of hydrogen-bond donors (Lipinski definition) is 2. The van der Waals surface area contributed by atoms with Gasteiger partial charge in [0.05, 0.1) is 13.3 Å². The lowest BCUT2D eigenvalue weighted by Gasteiger charge is -2.08. The van der Waals surface area contributed by atoms with Crippen LogP contribution in [0, 0.1) is 0 Å². The predicted octanol–water partition coefficient (Wildman–Crippen LogP) is 2.93. The molecule has 0 unspecified atom stereocenters. The second-order valence-corrected chi connectivity index (χ2v) is 7.57. The van der Waals surface area contributed by atoms with E-state index in [0.29, 0.717) is 16.9 Å². The Bertz CT molecular complexity index is 1140. The van der Waals surface area contributed by atoms with Crippen molar-refractivity contribution in [3.63, 3.8) is 0 Å². The van der Waals surface area contributed by atoms with Crippen LogP contribution in [0.5, 0.6) is 17.2 Å². The molecule has 2 N–H and O–H groups in total. The predicted molar refractivity (Wildman–Crippen MR) is 110 cm³/mol. The molecule has 3 aromatic carbocycles. The van der Waals surface area contributed by atoms with Crippen molar-refractivity contribution >= 4 is 22.2 Å². The molecule has 0 aliphatic heterocycles. The van der Waals surface area contributed by atoms with E-state index in [9.17, 15) is 18.3 Å². The SMILES string of the molecule is COc1ccc(S(=O)(=O)Oc2ccc(/C=N/NC(=O)c3ccc(O)cc3)cc2)cc1. The third kappa shape index (κ3) is 5.36. The lowest BCUT2D eigenvalue weighted by atomic mass is 10.2. The number of hydrazone groups is 1. The van der Waals surface area contributed by atoms with Gasteiger partial charge in [0, 0.05) is 5.56 Å². The molecule has 0 saturated heterocycles. The minimum Gasteiger partial charge on any atom is -0.508 e. The van der Waals surface area contributed by atoms with Gasteiger partial charge in [0.2, 0.25) is 0 Å². The number of nitrogens with zero attached hydrogens (tertiary/aromatic N) is 1. The van der Waals surface area contributed by atoms with Crippen LogP contribution < -0.4 is 14.3 Å². The molecule has 0 saturated carbocycles. The van der Waals surface area contributed by atoms with E-state index in [-0.39, 0.29) is 16.4 Å². The molecule has 0 atom stereocenters. The number of phenols is 1. The standard InChI is InChI=1S/C21H18N2O6S/c1-28-18-10-12-20(13-11-18)30(26,27)29-19-8-2-15(3-9-19)14-22-23-21(25)16-4-6-17(24)7-5-16/h2-14,24H,1H3,(H,23,25)/b22-14+. The fourth-order valence-electron chi connectivity index (χ4n) is 2.37. The van der Waals surface area contributed by atoms with Crippen LogP contribution in [0.3, 0.4) is 0 Å². The minimum absolute atomic E-state index is 0.00545. The summed E-state index contributed by atoms with van der Waals surface area (Å²) in [7, 11) is -2.49. The molecular weight excluding hydrogens is 408 g/mol. The molecule has 0 fully saturated rings. The van der Waals surface area contributed by atoms with Crippen LogP contribution in [0.15, 0.2) is 82.8 Å². The van der Waals surface area contributed by atoms with Crippen molar-refractivity contribution in [1.29, 1.82) is 0 Å². The lowest BCUT2D eigenvalue weighted by Crippen LogP contribution is -2.17. The van der Waals surface area contributed by atoms with Gasteiger partial charge in [-0.25, -0.2) is 5.43 Å². The van der Waals surface area contributed by atoms with Crippen molar-refractivity contribution < 1.29 is 27.2 Å². The molecule has 9 heteroatoms. The number of hydrogen-bond acceptors (Lipinski definition) is 7. The maximum Gasteiger partial charge on any atom is 0.339 e. The summed E-state index contributed by atoms with van der Waals surface area (Å²) in [6.45, 7) is 0. The van der Waals surface area contributed by atoms with E-state index in [0.717, 1.165) is 0 Å². The zero-order valence-corrected chi connectivity index (χ0v) is 16.7. The van der Waals surface area contributed by atoms with E-state index in [2.05, 4.69) is 10.5 Å². The zero-order chi connectivity index (χ0) is 21.6. The normalized spacial score (nSPS) is 11.2. The molecule has 8 nitrogen and oxygen atoms in total. The smallest absolute Gasteiger partial charge is 0.339 e. The Balaban J connectivity index is 1.60. The molecule has 30 heavy (non-hydrogen) atoms. The Hall–Kier alpha value is -3.85. The largest absolute Gasteiger partial charge is 0.508 e. The summed E-state index contributed by atoms with van der Waals surface area (Å²) in [5.41, 5.74) is 3.33. The lowest BCUT2D eigenvalue weighted by molar-refractivity contribution is 0.0955. The monoisotopic (exact) mass is 426 g/mol. The number of aromatic hydroxyl groups is 1. The van der Waals surface area contributed by atoms with E-state index in [1.165, 1.54) is 74.0 Å². The molecule has 154 valence electrons. The van der Waals surface area contributed by atoms with E-state index in [1.54, 1.807) is 12.1 Å². The topological polar surface area (TPSA) is 114 Å². The van der Waals surface area contributed by atoms with Crippen LogP contribution in [0.1, 0.15) is 15.9 Å². The Labute approximate surface area is 173 Å². The highest BCUT2D eigenvalue weighted by molar-refractivity contribution is 7.87. The van der Waals surface area contributed by atoms with Gasteiger partial charge >= 0.3 is 10.1 Å². The molecule has 0 aliphatic carbocycles. The molecule has 1 amide bonds. The van der Waals surface area contributed by atoms with E-state index in [4.69, 9.17) is 8.92 Å². The number of carbonyl (C=O) groups excluding carboxylic acids is 1. The molecule has 0 radical (unpaired) electrons. The van der Waals surface area contributed by atoms with Gasteiger partial charge in [0.1, 0.15) is 22.1 Å². The van der Waals surface area contributed by atoms with Gasteiger partial charge in [0.25, 0.3) is 5.91 Å². The van der Waals surface area contributed by atoms with Crippen LogP contribution in [0.25, 0.3) is 0 Å². The first-order valence-corrected chi connectivity index (χ1v) is 10.1. The van der Waals surface area contributed by atoms with Crippen molar-refractivity contribution in [2.24, 2.45) is 5.10 Å². The van der Waals surface area contributed by atoms with Crippen molar-refractivity contribution in [3.8, 4) is 17.2 Å². The van der Waals surface area contributed by atoms with Crippen LogP contribution in [-0.2, 0) is 10.1 Å². The first-order valence-electron chi connectivity index (χ1n) is 8.68. The fourth-order valence-corrected chi connectivity index (χ4v) is 3.30. The number of methoxy groups -OCH3 is 1. The minimum atomic E-state index is -3.98. The average Bonchev–Trinajstić information content (AvgIpc) is 2.75. The van der Waals surface area contributed by atoms with Crippen LogP contribution in [0.2, 0.25) is 0 Å². The summed E-state index contributed by atoms with van der Waals surface area (Å²) in [6, 6.07) is 17.7. The molecule has 0 aromatic heterocycles. The van der Waals surface area contributed by atoms with Gasteiger partial charge in [-0.15, -0.1) is 0 Å². The molecule has 3 rings (SSSR count). The molecule has 3 aromatic rings. The van der Waals surface area contributed by atoms with E-state index >= 15 is 0 Å². The highest BCUT2D eigenvalue weighted by Gasteiger charge is 2.16. The van der Waals surface area contributed by atoms with Gasteiger partial charge < -0.3 is 14.0 Å². The van der Waals surface area contributed by atoms with Crippen molar-refractivity contribution in [1.82, 2.24) is 5.43 Å². The Morgan fingerprint density at radius 1 is 0.933 bits per heavy atom. The third-order valence-electron chi connectivity index (χ3n) is 3.94. The Morgan fingerprint density at radius 2 is 1.53 bits per heavy atom. The van der Waals surface area contributed by atoms with Crippen molar-refractivity contribution in [2.45, 2.75) is 4.90 Å². The molecule has 0 heterocycles. The Kier molecular flexibility index (Phi) is 6.33. The van der Waals surface area contributed by atoms with Crippen LogP contribution in [-0.4, -0.2) is 32.8 Å². The first-order chi connectivity index (χ1) is 14.4. The zero-order valence-electron chi connectivity index (χ0n) is 15.8. The van der Waals surface area contributed by atoms with Gasteiger partial charge in [-0.1, -0.05) is 0 Å². The second kappa shape index (κ2) is 9.10. The number of nitrogens with one attached hydrogen (secondary N) is 1. The summed E-state index contributed by atoms with van der Waals surface area (Å²) >= 11 is 0. The van der Waals surface area contributed by atoms with Gasteiger partial charge in [-0.2, -0.15) is 13.5 Å². The molecular formula is C21H18N2O6S. The third-order valence-corrected chi connectivity index (χ3v) is 5.20. The quantitative estimate of drug-likeness (QED) is 0.341. The molecule has 0 spiro atoms. The fraction of sp³-hybridized carbons (Fsp3) is 0.0476. The summed E-state index contributed by atoms with van der Waals surface area (Å²) in [5.74, 6) is 0.300. The first kappa shape index (κ1) is 20.9. The maximum absolute atomic E-state index is 12.3. The Morgan fingerprint density at radius 3 is 2.13 bits per heavy atom. The van der Waals surface area contributed by atoms with Crippen LogP contribution in [0.4, 0.5) is 0 Å². The number of rotatable bonds is 7. The number of phenolic OH excluding ortho intramolecular Hbond substituents is 1. The van der Waals surface area contributed by atoms with Gasteiger partial charge in [-0.05, 0) is 78.4 Å². The summed E-state index contributed by atoms with van der Waals surface area (Å²) in [5, 5.41) is 13.1. The van der Waals surface area contributed by atoms with Gasteiger partial charge in [-0.3, -0.25) is 4.79 Å². The molecule has 0 aliphatic rings. The highest BCUT2D eigenvalue weighted by atomic mass is 32.2. The van der Waals surface area contributed by atoms with E-state index in [1.807, 2.05) is 0 Å². The number of carbonyl (C=O) groups is 1. The maximum atomic E-state index is 12.3. The number of benzene rings is 3. The highest BCUT2D eigenvalue weighted by Crippen LogP contribution is 2.21.